The minimum Gasteiger partial charge on any atom is -0.337 e. The molecule has 0 N–H and O–H groups in total. The number of fused-ring (bicyclic) bond motifs is 3. The maximum atomic E-state index is 2.67. The quantitative estimate of drug-likeness (QED) is 0.764. The largest absolute Gasteiger partial charge is 0.337 e. The molecule has 0 aromatic heterocycles. The van der Waals surface area contributed by atoms with Crippen molar-refractivity contribution in [2.24, 2.45) is 5.41 Å². The SMILES string of the molecule is CC(C)(C)CN1CC[C@@H]2[C@@H](C1)c1ccccc1N2c1ccccc1. The average Bonchev–Trinajstić information content (AvgIpc) is 2.88. The van der Waals surface area contributed by atoms with Crippen molar-refractivity contribution in [1.29, 1.82) is 0 Å². The number of rotatable bonds is 2. The van der Waals surface area contributed by atoms with Crippen molar-refractivity contribution in [3.63, 3.8) is 0 Å². The fraction of sp³-hybridized carbons (Fsp3) is 0.455. The van der Waals surface area contributed by atoms with Crippen molar-refractivity contribution < 1.29 is 0 Å². The highest BCUT2D eigenvalue weighted by molar-refractivity contribution is 5.72. The maximum Gasteiger partial charge on any atom is 0.0450 e. The molecule has 0 bridgehead atoms. The summed E-state index contributed by atoms with van der Waals surface area (Å²) in [5, 5.41) is 0. The first kappa shape index (κ1) is 15.7. The first-order chi connectivity index (χ1) is 11.5. The minimum absolute atomic E-state index is 0.365. The lowest BCUT2D eigenvalue weighted by Crippen LogP contribution is -2.47. The van der Waals surface area contributed by atoms with Gasteiger partial charge in [0.05, 0.1) is 0 Å². The average molecular weight is 320 g/mol. The van der Waals surface area contributed by atoms with Crippen LogP contribution < -0.4 is 4.90 Å². The number of anilines is 2. The van der Waals surface area contributed by atoms with Crippen molar-refractivity contribution in [3.05, 3.63) is 60.2 Å². The normalized spacial score (nSPS) is 23.9. The fourth-order valence-corrected chi connectivity index (χ4v) is 4.55. The zero-order chi connectivity index (χ0) is 16.7. The molecule has 2 heteroatoms. The summed E-state index contributed by atoms with van der Waals surface area (Å²) in [6.45, 7) is 10.6. The van der Waals surface area contributed by atoms with Crippen LogP contribution in [0.5, 0.6) is 0 Å². The van der Waals surface area contributed by atoms with Crippen molar-refractivity contribution in [2.45, 2.75) is 39.2 Å². The van der Waals surface area contributed by atoms with Gasteiger partial charge in [-0.25, -0.2) is 0 Å². The van der Waals surface area contributed by atoms with E-state index in [2.05, 4.69) is 85.2 Å². The van der Waals surface area contributed by atoms with E-state index in [1.807, 2.05) is 0 Å². The first-order valence-corrected chi connectivity index (χ1v) is 9.18. The topological polar surface area (TPSA) is 6.48 Å². The van der Waals surface area contributed by atoms with Gasteiger partial charge >= 0.3 is 0 Å². The van der Waals surface area contributed by atoms with Gasteiger partial charge in [-0.1, -0.05) is 57.2 Å². The van der Waals surface area contributed by atoms with Crippen LogP contribution in [0.25, 0.3) is 0 Å². The highest BCUT2D eigenvalue weighted by Crippen LogP contribution is 2.48. The van der Waals surface area contributed by atoms with Crippen LogP contribution in [0.1, 0.15) is 38.7 Å². The van der Waals surface area contributed by atoms with Crippen LogP contribution in [-0.2, 0) is 0 Å². The van der Waals surface area contributed by atoms with E-state index in [0.717, 1.165) is 0 Å². The summed E-state index contributed by atoms with van der Waals surface area (Å²) < 4.78 is 0. The zero-order valence-corrected chi connectivity index (χ0v) is 15.1. The van der Waals surface area contributed by atoms with E-state index in [1.54, 1.807) is 0 Å². The Labute approximate surface area is 146 Å². The predicted octanol–water partition coefficient (Wildman–Crippen LogP) is 5.04. The number of benzene rings is 2. The molecule has 0 unspecified atom stereocenters. The Balaban J connectivity index is 1.67. The van der Waals surface area contributed by atoms with Gasteiger partial charge in [-0.05, 0) is 35.6 Å². The molecule has 2 aliphatic heterocycles. The summed E-state index contributed by atoms with van der Waals surface area (Å²) in [6.07, 6.45) is 1.24. The predicted molar refractivity (Wildman–Crippen MR) is 102 cm³/mol. The van der Waals surface area contributed by atoms with Crippen LogP contribution in [0, 0.1) is 5.41 Å². The van der Waals surface area contributed by atoms with Crippen molar-refractivity contribution in [2.75, 3.05) is 24.5 Å². The van der Waals surface area contributed by atoms with Crippen molar-refractivity contribution in [1.82, 2.24) is 4.90 Å². The van der Waals surface area contributed by atoms with E-state index in [0.29, 0.717) is 17.4 Å². The Morgan fingerprint density at radius 1 is 0.958 bits per heavy atom. The lowest BCUT2D eigenvalue weighted by molar-refractivity contribution is 0.144. The molecule has 0 saturated carbocycles. The monoisotopic (exact) mass is 320 g/mol. The zero-order valence-electron chi connectivity index (χ0n) is 15.1. The highest BCUT2D eigenvalue weighted by atomic mass is 15.2. The van der Waals surface area contributed by atoms with Crippen LogP contribution in [0.3, 0.4) is 0 Å². The maximum absolute atomic E-state index is 2.67. The minimum atomic E-state index is 0.365. The smallest absolute Gasteiger partial charge is 0.0450 e. The molecule has 126 valence electrons. The Morgan fingerprint density at radius 3 is 2.42 bits per heavy atom. The van der Waals surface area contributed by atoms with Gasteiger partial charge in [-0.3, -0.25) is 0 Å². The Kier molecular flexibility index (Phi) is 3.88. The van der Waals surface area contributed by atoms with Gasteiger partial charge < -0.3 is 9.80 Å². The Hall–Kier alpha value is -1.80. The van der Waals surface area contributed by atoms with Crippen LogP contribution in [0.15, 0.2) is 54.6 Å². The summed E-state index contributed by atoms with van der Waals surface area (Å²) in [5.41, 5.74) is 4.65. The standard InChI is InChI=1S/C22H28N2/c1-22(2,3)16-23-14-13-21-19(15-23)18-11-7-8-12-20(18)24(21)17-9-5-4-6-10-17/h4-12,19,21H,13-16H2,1-3H3/t19-,21+/m0/s1. The molecular formula is C22H28N2. The van der Waals surface area contributed by atoms with Gasteiger partial charge in [0.1, 0.15) is 0 Å². The Morgan fingerprint density at radius 2 is 1.67 bits per heavy atom. The third kappa shape index (κ3) is 2.84. The second-order valence-corrected chi connectivity index (χ2v) is 8.52. The number of likely N-dealkylation sites (tertiary alicyclic amines) is 1. The Bertz CT molecular complexity index is 701. The number of para-hydroxylation sites is 2. The van der Waals surface area contributed by atoms with E-state index in [4.69, 9.17) is 0 Å². The van der Waals surface area contributed by atoms with Gasteiger partial charge in [0.15, 0.2) is 0 Å². The van der Waals surface area contributed by atoms with Gasteiger partial charge in [0.2, 0.25) is 0 Å². The van der Waals surface area contributed by atoms with E-state index >= 15 is 0 Å². The molecule has 24 heavy (non-hydrogen) atoms. The molecule has 2 atom stereocenters. The second-order valence-electron chi connectivity index (χ2n) is 8.52. The summed E-state index contributed by atoms with van der Waals surface area (Å²) in [5.74, 6) is 0.623. The van der Waals surface area contributed by atoms with Crippen molar-refractivity contribution >= 4 is 11.4 Å². The molecule has 1 fully saturated rings. The van der Waals surface area contributed by atoms with Crippen LogP contribution in [0.2, 0.25) is 0 Å². The molecule has 2 aromatic rings. The van der Waals surface area contributed by atoms with Gasteiger partial charge in [-0.15, -0.1) is 0 Å². The molecule has 2 heterocycles. The van der Waals surface area contributed by atoms with E-state index in [9.17, 15) is 0 Å². The molecule has 0 spiro atoms. The molecule has 2 aromatic carbocycles. The van der Waals surface area contributed by atoms with Crippen LogP contribution >= 0.6 is 0 Å². The van der Waals surface area contributed by atoms with Crippen molar-refractivity contribution in [3.8, 4) is 0 Å². The highest BCUT2D eigenvalue weighted by Gasteiger charge is 2.42. The summed E-state index contributed by atoms with van der Waals surface area (Å²) in [4.78, 5) is 5.26. The molecule has 0 amide bonds. The third-order valence-corrected chi connectivity index (χ3v) is 5.32. The first-order valence-electron chi connectivity index (χ1n) is 9.18. The molecule has 2 aliphatic rings. The van der Waals surface area contributed by atoms with E-state index in [-0.39, 0.29) is 0 Å². The van der Waals surface area contributed by atoms with Crippen LogP contribution in [0.4, 0.5) is 11.4 Å². The summed E-state index contributed by atoms with van der Waals surface area (Å²) in [6, 6.07) is 20.5. The third-order valence-electron chi connectivity index (χ3n) is 5.32. The second kappa shape index (κ2) is 5.93. The molecule has 4 rings (SSSR count). The molecule has 2 nitrogen and oxygen atoms in total. The van der Waals surface area contributed by atoms with Gasteiger partial charge in [-0.2, -0.15) is 0 Å². The number of piperidine rings is 1. The molecular weight excluding hydrogens is 292 g/mol. The lowest BCUT2D eigenvalue weighted by atomic mass is 9.87. The van der Waals surface area contributed by atoms with Gasteiger partial charge in [0.25, 0.3) is 0 Å². The molecule has 1 saturated heterocycles. The summed E-state index contributed by atoms with van der Waals surface area (Å²) in [7, 11) is 0. The van der Waals surface area contributed by atoms with Crippen LogP contribution in [-0.4, -0.2) is 30.6 Å². The van der Waals surface area contributed by atoms with E-state index < -0.39 is 0 Å². The lowest BCUT2D eigenvalue weighted by Gasteiger charge is -2.41. The molecule has 0 aliphatic carbocycles. The number of hydrogen-bond acceptors (Lipinski definition) is 2. The summed E-state index contributed by atoms with van der Waals surface area (Å²) >= 11 is 0. The van der Waals surface area contributed by atoms with Gasteiger partial charge in [0, 0.05) is 43.0 Å². The molecule has 0 radical (unpaired) electrons. The number of nitrogens with zero attached hydrogens (tertiary/aromatic N) is 2. The number of hydrogen-bond donors (Lipinski definition) is 0. The fourth-order valence-electron chi connectivity index (χ4n) is 4.55. The van der Waals surface area contributed by atoms with E-state index in [1.165, 1.54) is 43.0 Å².